The van der Waals surface area contributed by atoms with Gasteiger partial charge in [-0.3, -0.25) is 14.4 Å². The van der Waals surface area contributed by atoms with Crippen LogP contribution in [0.4, 0.5) is 0 Å². The molecule has 0 atom stereocenters. The standard InChI is InChI=1S/C4H8O3.C2H8N2.2C2H4O2.3Na.3H/c1-4(6)7-3-2-5;3-1-2-4;2*1-2(3)4;;;;;;/h5H,2-3H2,1H3;1-4H2;2*1H3,(H,3,4);;;;;;/q;;;;3*+1;3*-1. The summed E-state index contributed by atoms with van der Waals surface area (Å²) in [5.74, 6) is -2.02. The Morgan fingerprint density at radius 3 is 1.18 bits per heavy atom. The molecule has 0 radical (unpaired) electrons. The Morgan fingerprint density at radius 1 is 0.909 bits per heavy atom. The fraction of sp³-hybridized carbons (Fsp3) is 0.700. The number of carbonyl (C=O) groups excluding carboxylic acids is 1. The van der Waals surface area contributed by atoms with Crippen molar-refractivity contribution >= 4 is 17.9 Å². The molecule has 122 valence electrons. The van der Waals surface area contributed by atoms with Gasteiger partial charge >= 0.3 is 94.6 Å². The average molecular weight is 356 g/mol. The SMILES string of the molecule is CC(=O)O.CC(=O)O.CC(=O)OCCO.NCCN.[H-].[H-].[H-].[Na+].[Na+].[Na+]. The maximum Gasteiger partial charge on any atom is 1.00 e. The molecule has 0 unspecified atom stereocenters. The van der Waals surface area contributed by atoms with Crippen LogP contribution in [0, 0.1) is 0 Å². The number of rotatable bonds is 3. The van der Waals surface area contributed by atoms with Gasteiger partial charge in [-0.05, 0) is 0 Å². The van der Waals surface area contributed by atoms with Gasteiger partial charge in [0.1, 0.15) is 6.61 Å². The number of aliphatic carboxylic acids is 2. The van der Waals surface area contributed by atoms with E-state index < -0.39 is 11.9 Å². The molecular formula is C10H27N2Na3O7. The van der Waals surface area contributed by atoms with E-state index in [1.165, 1.54) is 6.92 Å². The number of carbonyl (C=O) groups is 3. The zero-order chi connectivity index (χ0) is 16.3. The smallest absolute Gasteiger partial charge is 1.00 e. The van der Waals surface area contributed by atoms with Gasteiger partial charge in [0.05, 0.1) is 6.61 Å². The van der Waals surface area contributed by atoms with Crippen LogP contribution in [-0.4, -0.2) is 59.5 Å². The van der Waals surface area contributed by atoms with E-state index in [2.05, 4.69) is 4.74 Å². The molecule has 0 saturated heterocycles. The molecular weight excluding hydrogens is 329 g/mol. The number of aliphatic hydroxyl groups excluding tert-OH is 1. The summed E-state index contributed by atoms with van der Waals surface area (Å²) in [7, 11) is 0. The van der Waals surface area contributed by atoms with Crippen LogP contribution in [0.25, 0.3) is 0 Å². The average Bonchev–Trinajstić information content (AvgIpc) is 2.25. The van der Waals surface area contributed by atoms with E-state index in [1.807, 2.05) is 0 Å². The first kappa shape index (κ1) is 43.6. The topological polar surface area (TPSA) is 173 Å². The van der Waals surface area contributed by atoms with Crippen LogP contribution >= 0.6 is 0 Å². The number of carboxylic acids is 2. The molecule has 0 aromatic rings. The number of carboxylic acid groups (broad SMARTS) is 2. The summed E-state index contributed by atoms with van der Waals surface area (Å²) in [5, 5.41) is 22.9. The Kier molecular flexibility index (Phi) is 85.7. The first-order valence-corrected chi connectivity index (χ1v) is 5.19. The zero-order valence-corrected chi connectivity index (χ0v) is 20.5. The molecule has 0 aliphatic heterocycles. The number of hydrogen-bond donors (Lipinski definition) is 5. The maximum atomic E-state index is 9.87. The molecule has 0 aliphatic rings. The molecule has 0 fully saturated rings. The second-order valence-electron chi connectivity index (χ2n) is 2.68. The summed E-state index contributed by atoms with van der Waals surface area (Å²) >= 11 is 0. The van der Waals surface area contributed by atoms with Gasteiger partial charge in [0.2, 0.25) is 0 Å². The van der Waals surface area contributed by atoms with Crippen LogP contribution in [0.5, 0.6) is 0 Å². The van der Waals surface area contributed by atoms with Crippen molar-refractivity contribution in [1.82, 2.24) is 0 Å². The second-order valence-corrected chi connectivity index (χ2v) is 2.68. The largest absolute Gasteiger partial charge is 1.00 e. The summed E-state index contributed by atoms with van der Waals surface area (Å²) in [6.45, 7) is 4.67. The first-order chi connectivity index (χ1) is 8.65. The van der Waals surface area contributed by atoms with Gasteiger partial charge < -0.3 is 35.8 Å². The molecule has 0 aliphatic carbocycles. The first-order valence-electron chi connectivity index (χ1n) is 5.19. The Morgan fingerprint density at radius 2 is 1.14 bits per heavy atom. The summed E-state index contributed by atoms with van der Waals surface area (Å²) in [5.41, 5.74) is 9.81. The van der Waals surface area contributed by atoms with E-state index >= 15 is 0 Å². The molecule has 7 N–H and O–H groups in total. The Bertz CT molecular complexity index is 226. The number of esters is 1. The Labute approximate surface area is 201 Å². The van der Waals surface area contributed by atoms with Crippen LogP contribution in [0.15, 0.2) is 0 Å². The zero-order valence-electron chi connectivity index (χ0n) is 17.5. The molecule has 0 aromatic carbocycles. The molecule has 0 bridgehead atoms. The molecule has 0 spiro atoms. The van der Waals surface area contributed by atoms with Crippen molar-refractivity contribution in [1.29, 1.82) is 0 Å². The molecule has 0 rings (SSSR count). The predicted octanol–water partition coefficient (Wildman–Crippen LogP) is -10.0. The number of ether oxygens (including phenoxy) is 1. The Balaban J connectivity index is -0.0000000143. The van der Waals surface area contributed by atoms with E-state index in [0.29, 0.717) is 13.1 Å². The van der Waals surface area contributed by atoms with E-state index in [9.17, 15) is 4.79 Å². The van der Waals surface area contributed by atoms with E-state index in [1.54, 1.807) is 0 Å². The van der Waals surface area contributed by atoms with Crippen molar-refractivity contribution in [3.63, 3.8) is 0 Å². The minimum Gasteiger partial charge on any atom is -1.00 e. The van der Waals surface area contributed by atoms with Gasteiger partial charge in [-0.15, -0.1) is 0 Å². The van der Waals surface area contributed by atoms with E-state index in [0.717, 1.165) is 13.8 Å². The molecule has 22 heavy (non-hydrogen) atoms. The Hall–Kier alpha value is 1.29. The van der Waals surface area contributed by atoms with Crippen molar-refractivity contribution in [3.8, 4) is 0 Å². The molecule has 0 saturated carbocycles. The van der Waals surface area contributed by atoms with Gasteiger partial charge in [0, 0.05) is 33.9 Å². The van der Waals surface area contributed by atoms with Crippen molar-refractivity contribution in [3.05, 3.63) is 0 Å². The van der Waals surface area contributed by atoms with E-state index in [-0.39, 0.29) is 112 Å². The quantitative estimate of drug-likeness (QED) is 0.243. The molecule has 0 aromatic heterocycles. The maximum absolute atomic E-state index is 9.87. The van der Waals surface area contributed by atoms with Crippen molar-refractivity contribution in [2.75, 3.05) is 26.3 Å². The minimum absolute atomic E-state index is 0. The molecule has 0 heterocycles. The fourth-order valence-electron chi connectivity index (χ4n) is 0.189. The van der Waals surface area contributed by atoms with E-state index in [4.69, 9.17) is 36.4 Å². The molecule has 12 heteroatoms. The second kappa shape index (κ2) is 43.2. The van der Waals surface area contributed by atoms with Gasteiger partial charge in [-0.1, -0.05) is 0 Å². The number of nitrogens with two attached hydrogens (primary N) is 2. The normalized spacial score (nSPS) is 6.27. The third-order valence-corrected chi connectivity index (χ3v) is 0.563. The van der Waals surface area contributed by atoms with Crippen LogP contribution < -0.4 is 100 Å². The minimum atomic E-state index is -0.833. The number of aliphatic hydroxyl groups is 1. The van der Waals surface area contributed by atoms with Gasteiger partial charge in [-0.25, -0.2) is 0 Å². The van der Waals surface area contributed by atoms with Crippen molar-refractivity contribution < 1.29 is 127 Å². The van der Waals surface area contributed by atoms with Crippen LogP contribution in [0.3, 0.4) is 0 Å². The van der Waals surface area contributed by atoms with Gasteiger partial charge in [0.15, 0.2) is 0 Å². The molecule has 9 nitrogen and oxygen atoms in total. The predicted molar refractivity (Wildman–Crippen MR) is 71.8 cm³/mol. The fourth-order valence-corrected chi connectivity index (χ4v) is 0.189. The van der Waals surface area contributed by atoms with Crippen LogP contribution in [0.1, 0.15) is 25.1 Å². The van der Waals surface area contributed by atoms with Crippen LogP contribution in [-0.2, 0) is 19.1 Å². The van der Waals surface area contributed by atoms with Crippen molar-refractivity contribution in [2.45, 2.75) is 20.8 Å². The third kappa shape index (κ3) is 222. The third-order valence-electron chi connectivity index (χ3n) is 0.563. The van der Waals surface area contributed by atoms with Gasteiger partial charge in [-0.2, -0.15) is 0 Å². The van der Waals surface area contributed by atoms with Crippen molar-refractivity contribution in [2.24, 2.45) is 11.5 Å². The van der Waals surface area contributed by atoms with Gasteiger partial charge in [0.25, 0.3) is 11.9 Å². The number of hydrogen-bond acceptors (Lipinski definition) is 7. The molecule has 0 amide bonds. The summed E-state index contributed by atoms with van der Waals surface area (Å²) < 4.78 is 4.30. The summed E-state index contributed by atoms with van der Waals surface area (Å²) in [6.07, 6.45) is 0. The van der Waals surface area contributed by atoms with Crippen LogP contribution in [0.2, 0.25) is 0 Å². The summed E-state index contributed by atoms with van der Waals surface area (Å²) in [6, 6.07) is 0. The monoisotopic (exact) mass is 356 g/mol. The summed E-state index contributed by atoms with van der Waals surface area (Å²) in [4.78, 5) is 27.9.